The van der Waals surface area contributed by atoms with Gasteiger partial charge in [0.25, 0.3) is 0 Å². The first-order valence-corrected chi connectivity index (χ1v) is 5.17. The quantitative estimate of drug-likeness (QED) is 0.797. The summed E-state index contributed by atoms with van der Waals surface area (Å²) in [4.78, 5) is 15.2. The van der Waals surface area contributed by atoms with Gasteiger partial charge in [-0.2, -0.15) is 0 Å². The van der Waals surface area contributed by atoms with E-state index < -0.39 is 5.97 Å². The van der Waals surface area contributed by atoms with E-state index in [9.17, 15) is 4.79 Å². The third-order valence-corrected chi connectivity index (χ3v) is 3.12. The van der Waals surface area contributed by atoms with Crippen LogP contribution in [0.2, 0.25) is 0 Å². The van der Waals surface area contributed by atoms with Crippen molar-refractivity contribution in [3.8, 4) is 0 Å². The molecular weight excluding hydrogens is 190 g/mol. The van der Waals surface area contributed by atoms with E-state index >= 15 is 0 Å². The van der Waals surface area contributed by atoms with Gasteiger partial charge in [-0.1, -0.05) is 5.57 Å². The molecule has 0 unspecified atom stereocenters. The van der Waals surface area contributed by atoms with Gasteiger partial charge >= 0.3 is 5.97 Å². The number of fused-ring (bicyclic) bond motifs is 1. The van der Waals surface area contributed by atoms with Crippen molar-refractivity contribution < 1.29 is 9.90 Å². The molecule has 0 spiro atoms. The zero-order chi connectivity index (χ0) is 10.4. The highest BCUT2D eigenvalue weighted by atomic mass is 16.4. The lowest BCUT2D eigenvalue weighted by Crippen LogP contribution is -2.03. The summed E-state index contributed by atoms with van der Waals surface area (Å²) in [7, 11) is 0. The van der Waals surface area contributed by atoms with E-state index in [1.165, 1.54) is 18.4 Å². The third-order valence-electron chi connectivity index (χ3n) is 3.12. The van der Waals surface area contributed by atoms with Crippen LogP contribution in [-0.4, -0.2) is 16.1 Å². The van der Waals surface area contributed by atoms with Crippen LogP contribution >= 0.6 is 0 Å². The van der Waals surface area contributed by atoms with Crippen LogP contribution < -0.4 is 0 Å². The molecular formula is C12H11NO2. The van der Waals surface area contributed by atoms with Crippen LogP contribution in [0.1, 0.15) is 34.5 Å². The molecule has 0 aromatic carbocycles. The lowest BCUT2D eigenvalue weighted by Gasteiger charge is -2.02. The molecule has 1 heterocycles. The van der Waals surface area contributed by atoms with E-state index in [0.29, 0.717) is 11.5 Å². The number of aromatic nitrogens is 1. The summed E-state index contributed by atoms with van der Waals surface area (Å²) in [5.41, 5.74) is 3.53. The van der Waals surface area contributed by atoms with E-state index in [2.05, 4.69) is 11.1 Å². The maximum absolute atomic E-state index is 11.0. The molecule has 0 radical (unpaired) electrons. The fourth-order valence-corrected chi connectivity index (χ4v) is 2.17. The predicted octanol–water partition coefficient (Wildman–Crippen LogP) is 2.13. The van der Waals surface area contributed by atoms with E-state index in [-0.39, 0.29) is 0 Å². The Labute approximate surface area is 87.5 Å². The second-order valence-electron chi connectivity index (χ2n) is 4.20. The molecule has 0 saturated heterocycles. The zero-order valence-electron chi connectivity index (χ0n) is 8.23. The standard InChI is InChI=1S/C12H11NO2/c14-12(15)9-3-4-13-11-6-8(5-10(9)11)7-1-2-7/h3-4,6-7H,1-2,5H2,(H,14,15). The summed E-state index contributed by atoms with van der Waals surface area (Å²) in [6, 6.07) is 1.59. The Morgan fingerprint density at radius 1 is 1.47 bits per heavy atom. The number of carboxylic acids is 1. The average Bonchev–Trinajstić information content (AvgIpc) is 2.96. The summed E-state index contributed by atoms with van der Waals surface area (Å²) >= 11 is 0. The highest BCUT2D eigenvalue weighted by Crippen LogP contribution is 2.42. The molecule has 15 heavy (non-hydrogen) atoms. The monoisotopic (exact) mass is 201 g/mol. The van der Waals surface area contributed by atoms with Crippen LogP contribution in [0.4, 0.5) is 0 Å². The fraction of sp³-hybridized carbons (Fsp3) is 0.333. The number of nitrogens with zero attached hydrogens (tertiary/aromatic N) is 1. The minimum absolute atomic E-state index is 0.409. The Morgan fingerprint density at radius 3 is 2.93 bits per heavy atom. The smallest absolute Gasteiger partial charge is 0.336 e. The topological polar surface area (TPSA) is 50.2 Å². The SMILES string of the molecule is O=C(O)c1ccnc2c1CC(C1CC1)=C2. The number of pyridine rings is 1. The van der Waals surface area contributed by atoms with Gasteiger partial charge in [0, 0.05) is 6.20 Å². The van der Waals surface area contributed by atoms with Crippen molar-refractivity contribution in [2.45, 2.75) is 19.3 Å². The van der Waals surface area contributed by atoms with Gasteiger partial charge < -0.3 is 5.11 Å². The molecule has 0 atom stereocenters. The van der Waals surface area contributed by atoms with Crippen LogP contribution in [0.25, 0.3) is 6.08 Å². The number of allylic oxidation sites excluding steroid dienone is 1. The van der Waals surface area contributed by atoms with Crippen LogP contribution in [-0.2, 0) is 6.42 Å². The second-order valence-corrected chi connectivity index (χ2v) is 4.20. The largest absolute Gasteiger partial charge is 0.478 e. The summed E-state index contributed by atoms with van der Waals surface area (Å²) in [6.07, 6.45) is 6.94. The van der Waals surface area contributed by atoms with Crippen molar-refractivity contribution in [2.24, 2.45) is 5.92 Å². The molecule has 3 nitrogen and oxygen atoms in total. The number of hydrogen-bond donors (Lipinski definition) is 1. The minimum Gasteiger partial charge on any atom is -0.478 e. The summed E-state index contributed by atoms with van der Waals surface area (Å²) < 4.78 is 0. The molecule has 1 saturated carbocycles. The van der Waals surface area contributed by atoms with Crippen molar-refractivity contribution >= 4 is 12.0 Å². The first-order chi connectivity index (χ1) is 7.25. The molecule has 3 heteroatoms. The predicted molar refractivity (Wildman–Crippen MR) is 55.6 cm³/mol. The Kier molecular flexibility index (Phi) is 1.69. The van der Waals surface area contributed by atoms with E-state index in [1.807, 2.05) is 0 Å². The maximum Gasteiger partial charge on any atom is 0.336 e. The van der Waals surface area contributed by atoms with E-state index in [1.54, 1.807) is 12.3 Å². The molecule has 1 aromatic heterocycles. The lowest BCUT2D eigenvalue weighted by atomic mass is 10.0. The molecule has 2 aliphatic carbocycles. The van der Waals surface area contributed by atoms with Crippen molar-refractivity contribution in [3.05, 3.63) is 34.7 Å². The van der Waals surface area contributed by atoms with Crippen LogP contribution in [0.3, 0.4) is 0 Å². The normalized spacial score (nSPS) is 18.5. The second kappa shape index (κ2) is 2.92. The Balaban J connectivity index is 2.03. The van der Waals surface area contributed by atoms with Gasteiger partial charge in [-0.15, -0.1) is 0 Å². The van der Waals surface area contributed by atoms with E-state index in [0.717, 1.165) is 17.7 Å². The molecule has 1 N–H and O–H groups in total. The van der Waals surface area contributed by atoms with Gasteiger partial charge in [0.15, 0.2) is 0 Å². The first kappa shape index (κ1) is 8.65. The maximum atomic E-state index is 11.0. The number of carboxylic acid groups (broad SMARTS) is 1. The molecule has 0 aliphatic heterocycles. The van der Waals surface area contributed by atoms with Gasteiger partial charge in [0.2, 0.25) is 0 Å². The molecule has 1 aromatic rings. The number of hydrogen-bond acceptors (Lipinski definition) is 2. The molecule has 0 amide bonds. The number of rotatable bonds is 2. The third kappa shape index (κ3) is 1.35. The van der Waals surface area contributed by atoms with Gasteiger partial charge in [-0.05, 0) is 42.9 Å². The molecule has 0 bridgehead atoms. The summed E-state index contributed by atoms with van der Waals surface area (Å²) in [5.74, 6) is -0.153. The minimum atomic E-state index is -0.848. The highest BCUT2D eigenvalue weighted by Gasteiger charge is 2.31. The average molecular weight is 201 g/mol. The number of carbonyl (C=O) groups is 1. The van der Waals surface area contributed by atoms with Gasteiger partial charge in [0.05, 0.1) is 11.3 Å². The van der Waals surface area contributed by atoms with Gasteiger partial charge in [-0.3, -0.25) is 4.98 Å². The van der Waals surface area contributed by atoms with E-state index in [4.69, 9.17) is 5.11 Å². The number of aromatic carboxylic acids is 1. The van der Waals surface area contributed by atoms with Crippen molar-refractivity contribution in [2.75, 3.05) is 0 Å². The van der Waals surface area contributed by atoms with Crippen molar-refractivity contribution in [1.29, 1.82) is 0 Å². The van der Waals surface area contributed by atoms with Crippen LogP contribution in [0, 0.1) is 5.92 Å². The zero-order valence-corrected chi connectivity index (χ0v) is 8.23. The molecule has 2 aliphatic rings. The summed E-state index contributed by atoms with van der Waals surface area (Å²) in [5, 5.41) is 9.04. The summed E-state index contributed by atoms with van der Waals surface area (Å²) in [6.45, 7) is 0. The first-order valence-electron chi connectivity index (χ1n) is 5.17. The Hall–Kier alpha value is -1.64. The van der Waals surface area contributed by atoms with Crippen molar-refractivity contribution in [3.63, 3.8) is 0 Å². The molecule has 3 rings (SSSR count). The lowest BCUT2D eigenvalue weighted by molar-refractivity contribution is 0.0695. The van der Waals surface area contributed by atoms with Crippen LogP contribution in [0.15, 0.2) is 17.8 Å². The van der Waals surface area contributed by atoms with Crippen LogP contribution in [0.5, 0.6) is 0 Å². The van der Waals surface area contributed by atoms with Crippen molar-refractivity contribution in [1.82, 2.24) is 4.98 Å². The Morgan fingerprint density at radius 2 is 2.27 bits per heavy atom. The highest BCUT2D eigenvalue weighted by molar-refractivity contribution is 5.91. The molecule has 1 fully saturated rings. The van der Waals surface area contributed by atoms with Gasteiger partial charge in [-0.25, -0.2) is 4.79 Å². The molecule has 76 valence electrons. The fourth-order valence-electron chi connectivity index (χ4n) is 2.17. The van der Waals surface area contributed by atoms with Gasteiger partial charge in [0.1, 0.15) is 0 Å². The Bertz CT molecular complexity index is 473.